The molecule has 0 aromatic heterocycles. The van der Waals surface area contributed by atoms with E-state index in [1.165, 1.54) is 0 Å². The minimum atomic E-state index is 0.285. The van der Waals surface area contributed by atoms with Gasteiger partial charge in [0.05, 0.1) is 6.54 Å². The van der Waals surface area contributed by atoms with E-state index in [0.717, 1.165) is 13.0 Å². The van der Waals surface area contributed by atoms with Crippen molar-refractivity contribution >= 4 is 0 Å². The van der Waals surface area contributed by atoms with Crippen molar-refractivity contribution in [1.82, 2.24) is 5.32 Å². The fourth-order valence-corrected chi connectivity index (χ4v) is 0.717. The van der Waals surface area contributed by atoms with Gasteiger partial charge in [0, 0.05) is 6.04 Å². The molecule has 1 atom stereocenters. The van der Waals surface area contributed by atoms with Gasteiger partial charge in [-0.15, -0.1) is 0 Å². The fourth-order valence-electron chi connectivity index (χ4n) is 0.717. The maximum Gasteiger partial charge on any atom is 0.0964 e. The first-order chi connectivity index (χ1) is 4.35. The molecule has 0 fully saturated rings. The zero-order valence-electron chi connectivity index (χ0n) is 6.05. The third-order valence-electron chi connectivity index (χ3n) is 1.28. The number of hydrogen-bond donors (Lipinski definition) is 1. The molecule has 0 bridgehead atoms. The van der Waals surface area contributed by atoms with Gasteiger partial charge in [-0.3, -0.25) is 0 Å². The van der Waals surface area contributed by atoms with Crippen LogP contribution in [0.1, 0.15) is 20.3 Å². The molecule has 9 heavy (non-hydrogen) atoms. The summed E-state index contributed by atoms with van der Waals surface area (Å²) in [7, 11) is 0. The van der Waals surface area contributed by atoms with Gasteiger partial charge in [-0.1, -0.05) is 19.0 Å². The molecule has 0 aliphatic carbocycles. The highest BCUT2D eigenvalue weighted by Crippen LogP contribution is 1.89. The quantitative estimate of drug-likeness (QED) is 0.567. The second kappa shape index (κ2) is 5.69. The smallest absolute Gasteiger partial charge is 0.0964 e. The summed E-state index contributed by atoms with van der Waals surface area (Å²) in [5.41, 5.74) is 0. The van der Waals surface area contributed by atoms with Gasteiger partial charge in [0.25, 0.3) is 0 Å². The summed E-state index contributed by atoms with van der Waals surface area (Å²) in [6.45, 7) is 5.37. The van der Waals surface area contributed by atoms with Gasteiger partial charge in [0.2, 0.25) is 0 Å². The van der Waals surface area contributed by atoms with Crippen LogP contribution in [0.2, 0.25) is 0 Å². The van der Waals surface area contributed by atoms with E-state index in [4.69, 9.17) is 0 Å². The standard InChI is InChI=1S/C6H14N2O/c1-3-6(5-8-9)7-4-2/h6-7H,3-5H2,1-2H3. The van der Waals surface area contributed by atoms with Crippen molar-refractivity contribution in [3.05, 3.63) is 4.91 Å². The van der Waals surface area contributed by atoms with Crippen LogP contribution in [-0.2, 0) is 0 Å². The molecule has 3 nitrogen and oxygen atoms in total. The largest absolute Gasteiger partial charge is 0.312 e. The first-order valence-electron chi connectivity index (χ1n) is 3.37. The summed E-state index contributed by atoms with van der Waals surface area (Å²) in [6, 6.07) is 0.285. The van der Waals surface area contributed by atoms with Crippen LogP contribution in [-0.4, -0.2) is 19.1 Å². The lowest BCUT2D eigenvalue weighted by molar-refractivity contribution is 0.521. The van der Waals surface area contributed by atoms with Gasteiger partial charge >= 0.3 is 0 Å². The molecule has 3 heteroatoms. The maximum atomic E-state index is 9.76. The first-order valence-corrected chi connectivity index (χ1v) is 3.37. The number of nitrogens with one attached hydrogen (secondary N) is 1. The Labute approximate surface area is 55.8 Å². The third kappa shape index (κ3) is 4.09. The Morgan fingerprint density at radius 3 is 2.56 bits per heavy atom. The van der Waals surface area contributed by atoms with E-state index in [0.29, 0.717) is 6.54 Å². The second-order valence-corrected chi connectivity index (χ2v) is 1.97. The molecular weight excluding hydrogens is 116 g/mol. The molecule has 0 aromatic carbocycles. The Morgan fingerprint density at radius 1 is 1.56 bits per heavy atom. The van der Waals surface area contributed by atoms with E-state index >= 15 is 0 Å². The molecule has 54 valence electrons. The predicted octanol–water partition coefficient (Wildman–Crippen LogP) is 1.14. The van der Waals surface area contributed by atoms with Crippen molar-refractivity contribution in [3.8, 4) is 0 Å². The van der Waals surface area contributed by atoms with Crippen LogP contribution in [0, 0.1) is 4.91 Å². The molecule has 0 aromatic rings. The maximum absolute atomic E-state index is 9.76. The molecule has 0 aliphatic rings. The fraction of sp³-hybridized carbons (Fsp3) is 1.00. The molecule has 0 radical (unpaired) electrons. The van der Waals surface area contributed by atoms with Gasteiger partial charge in [0.1, 0.15) is 0 Å². The molecule has 1 N–H and O–H groups in total. The molecule has 1 unspecified atom stereocenters. The van der Waals surface area contributed by atoms with Crippen LogP contribution < -0.4 is 5.32 Å². The second-order valence-electron chi connectivity index (χ2n) is 1.97. The van der Waals surface area contributed by atoms with Crippen molar-refractivity contribution in [3.63, 3.8) is 0 Å². The zero-order valence-corrected chi connectivity index (χ0v) is 6.05. The van der Waals surface area contributed by atoms with Gasteiger partial charge in [0.15, 0.2) is 0 Å². The number of rotatable bonds is 5. The summed E-state index contributed by atoms with van der Waals surface area (Å²) in [6.07, 6.45) is 0.972. The average Bonchev–Trinajstić information content (AvgIpc) is 1.88. The van der Waals surface area contributed by atoms with Crippen molar-refractivity contribution < 1.29 is 0 Å². The van der Waals surface area contributed by atoms with E-state index < -0.39 is 0 Å². The first kappa shape index (κ1) is 8.56. The summed E-state index contributed by atoms with van der Waals surface area (Å²) in [4.78, 5) is 9.76. The van der Waals surface area contributed by atoms with E-state index in [2.05, 4.69) is 10.5 Å². The van der Waals surface area contributed by atoms with Gasteiger partial charge in [-0.05, 0) is 13.0 Å². The van der Waals surface area contributed by atoms with Crippen molar-refractivity contribution in [2.24, 2.45) is 5.18 Å². The summed E-state index contributed by atoms with van der Waals surface area (Å²) in [5.74, 6) is 0. The van der Waals surface area contributed by atoms with Gasteiger partial charge in [-0.25, -0.2) is 0 Å². The molecule has 0 saturated carbocycles. The van der Waals surface area contributed by atoms with Crippen LogP contribution in [0.25, 0.3) is 0 Å². The van der Waals surface area contributed by atoms with Crippen LogP contribution in [0.15, 0.2) is 5.18 Å². The lowest BCUT2D eigenvalue weighted by atomic mass is 10.2. The van der Waals surface area contributed by atoms with Crippen LogP contribution in [0.3, 0.4) is 0 Å². The molecular formula is C6H14N2O. The van der Waals surface area contributed by atoms with E-state index in [-0.39, 0.29) is 6.04 Å². The Balaban J connectivity index is 3.28. The SMILES string of the molecule is CCNC(CC)CN=O. The number of likely N-dealkylation sites (N-methyl/N-ethyl adjacent to an activating group) is 1. The highest BCUT2D eigenvalue weighted by atomic mass is 16.3. The van der Waals surface area contributed by atoms with Gasteiger partial charge < -0.3 is 5.32 Å². The molecule has 0 spiro atoms. The Hall–Kier alpha value is -0.440. The molecule has 0 saturated heterocycles. The summed E-state index contributed by atoms with van der Waals surface area (Å²) >= 11 is 0. The van der Waals surface area contributed by atoms with Crippen LogP contribution in [0.4, 0.5) is 0 Å². The summed E-state index contributed by atoms with van der Waals surface area (Å²) < 4.78 is 0. The molecule has 0 heterocycles. The van der Waals surface area contributed by atoms with E-state index in [9.17, 15) is 4.91 Å². The summed E-state index contributed by atoms with van der Waals surface area (Å²) in [5, 5.41) is 5.95. The predicted molar refractivity (Wildman–Crippen MR) is 38.4 cm³/mol. The zero-order chi connectivity index (χ0) is 7.11. The number of nitroso groups, excluding NO2 is 1. The Kier molecular flexibility index (Phi) is 5.41. The van der Waals surface area contributed by atoms with E-state index in [1.807, 2.05) is 13.8 Å². The number of hydrogen-bond acceptors (Lipinski definition) is 3. The van der Waals surface area contributed by atoms with Crippen LogP contribution >= 0.6 is 0 Å². The number of nitrogens with zero attached hydrogens (tertiary/aromatic N) is 1. The van der Waals surface area contributed by atoms with Crippen molar-refractivity contribution in [2.45, 2.75) is 26.3 Å². The van der Waals surface area contributed by atoms with Crippen molar-refractivity contribution in [2.75, 3.05) is 13.1 Å². The Morgan fingerprint density at radius 2 is 2.22 bits per heavy atom. The molecule has 0 rings (SSSR count). The van der Waals surface area contributed by atoms with Crippen molar-refractivity contribution in [1.29, 1.82) is 0 Å². The lowest BCUT2D eigenvalue weighted by Crippen LogP contribution is -2.30. The highest BCUT2D eigenvalue weighted by molar-refractivity contribution is 4.65. The lowest BCUT2D eigenvalue weighted by Gasteiger charge is -2.09. The average molecular weight is 130 g/mol. The topological polar surface area (TPSA) is 41.5 Å². The van der Waals surface area contributed by atoms with Crippen LogP contribution in [0.5, 0.6) is 0 Å². The Bertz CT molecular complexity index is 75.5. The highest BCUT2D eigenvalue weighted by Gasteiger charge is 2.01. The third-order valence-corrected chi connectivity index (χ3v) is 1.28. The minimum Gasteiger partial charge on any atom is -0.312 e. The van der Waals surface area contributed by atoms with E-state index in [1.54, 1.807) is 0 Å². The monoisotopic (exact) mass is 130 g/mol. The van der Waals surface area contributed by atoms with Gasteiger partial charge in [-0.2, -0.15) is 4.91 Å². The normalized spacial score (nSPS) is 13.1. The molecule has 0 amide bonds. The minimum absolute atomic E-state index is 0.285. The molecule has 0 aliphatic heterocycles.